The lowest BCUT2D eigenvalue weighted by molar-refractivity contribution is -0.137. The molecule has 2 rings (SSSR count). The van der Waals surface area contributed by atoms with Crippen LogP contribution in [-0.2, 0) is 16.2 Å². The summed E-state index contributed by atoms with van der Waals surface area (Å²) in [6.07, 6.45) is 0.921. The van der Waals surface area contributed by atoms with Crippen LogP contribution in [0, 0.1) is 5.92 Å². The Morgan fingerprint density at radius 3 is 2.14 bits per heavy atom. The van der Waals surface area contributed by atoms with Crippen molar-refractivity contribution in [1.82, 2.24) is 4.72 Å². The van der Waals surface area contributed by atoms with E-state index in [0.29, 0.717) is 12.5 Å². The molecule has 0 unspecified atom stereocenters. The summed E-state index contributed by atoms with van der Waals surface area (Å²) in [5.41, 5.74) is -0.853. The zero-order valence-electron chi connectivity index (χ0n) is 11.5. The molecule has 3 nitrogen and oxygen atoms in total. The molecule has 0 saturated heterocycles. The van der Waals surface area contributed by atoms with E-state index in [2.05, 4.69) is 4.72 Å². The van der Waals surface area contributed by atoms with Crippen LogP contribution in [0.1, 0.15) is 37.7 Å². The summed E-state index contributed by atoms with van der Waals surface area (Å²) in [4.78, 5) is -0.133. The van der Waals surface area contributed by atoms with Crippen molar-refractivity contribution < 1.29 is 21.6 Å². The Morgan fingerprint density at radius 2 is 1.62 bits per heavy atom. The fraction of sp³-hybridized carbons (Fsp3) is 0.571. The van der Waals surface area contributed by atoms with Gasteiger partial charge in [0.25, 0.3) is 0 Å². The van der Waals surface area contributed by atoms with Gasteiger partial charge in [-0.2, -0.15) is 13.2 Å². The quantitative estimate of drug-likeness (QED) is 0.921. The maximum absolute atomic E-state index is 12.4. The molecule has 7 heteroatoms. The number of nitrogens with one attached hydrogen (secondary N) is 1. The van der Waals surface area contributed by atoms with E-state index < -0.39 is 21.8 Å². The Hall–Kier alpha value is -1.08. The summed E-state index contributed by atoms with van der Waals surface area (Å²) in [6.45, 7) is 0.351. The largest absolute Gasteiger partial charge is 0.416 e. The number of halogens is 3. The zero-order chi connectivity index (χ0) is 15.5. The number of hydrogen-bond donors (Lipinski definition) is 1. The highest BCUT2D eigenvalue weighted by Crippen LogP contribution is 2.29. The Bertz CT molecular complexity index is 561. The standard InChI is InChI=1S/C14H18F3NO2S/c15-14(16,17)12-6-8-13(9-7-12)21(19,20)18-10-11-4-2-1-3-5-11/h6-9,11,18H,1-5,10H2. The van der Waals surface area contributed by atoms with E-state index in [1.54, 1.807) is 0 Å². The van der Waals surface area contributed by atoms with Crippen LogP contribution in [0.25, 0.3) is 0 Å². The summed E-state index contributed by atoms with van der Waals surface area (Å²) in [7, 11) is -3.74. The first-order valence-corrected chi connectivity index (χ1v) is 8.44. The first kappa shape index (κ1) is 16.3. The number of hydrogen-bond acceptors (Lipinski definition) is 2. The highest BCUT2D eigenvalue weighted by atomic mass is 32.2. The molecule has 0 bridgehead atoms. The lowest BCUT2D eigenvalue weighted by atomic mass is 9.90. The average molecular weight is 321 g/mol. The summed E-state index contributed by atoms with van der Waals surface area (Å²) in [5.74, 6) is 0.322. The third-order valence-electron chi connectivity index (χ3n) is 3.78. The molecular weight excluding hydrogens is 303 g/mol. The molecule has 1 aromatic rings. The normalized spacial score (nSPS) is 17.9. The second-order valence-corrected chi connectivity index (χ2v) is 7.15. The van der Waals surface area contributed by atoms with E-state index >= 15 is 0 Å². The third kappa shape index (κ3) is 4.44. The van der Waals surface area contributed by atoms with Crippen molar-refractivity contribution in [2.24, 2.45) is 5.92 Å². The molecule has 0 atom stereocenters. The van der Waals surface area contributed by atoms with Gasteiger partial charge < -0.3 is 0 Å². The van der Waals surface area contributed by atoms with Gasteiger partial charge in [0, 0.05) is 6.54 Å². The van der Waals surface area contributed by atoms with Gasteiger partial charge in [-0.15, -0.1) is 0 Å². The molecule has 0 aromatic heterocycles. The minimum absolute atomic E-state index is 0.133. The summed E-state index contributed by atoms with van der Waals surface area (Å²) in [5, 5.41) is 0. The first-order valence-electron chi connectivity index (χ1n) is 6.96. The van der Waals surface area contributed by atoms with Gasteiger partial charge in [-0.05, 0) is 43.0 Å². The number of benzene rings is 1. The van der Waals surface area contributed by atoms with Crippen molar-refractivity contribution in [2.75, 3.05) is 6.54 Å². The molecule has 1 fully saturated rings. The van der Waals surface area contributed by atoms with Gasteiger partial charge in [-0.25, -0.2) is 13.1 Å². The molecule has 0 heterocycles. The molecule has 0 amide bonds. The van der Waals surface area contributed by atoms with E-state index in [0.717, 1.165) is 49.9 Å². The second kappa shape index (κ2) is 6.36. The lowest BCUT2D eigenvalue weighted by Gasteiger charge is -2.21. The van der Waals surface area contributed by atoms with Crippen LogP contribution in [0.15, 0.2) is 29.2 Å². The molecule has 1 aliphatic rings. The number of rotatable bonds is 4. The van der Waals surface area contributed by atoms with Crippen molar-refractivity contribution >= 4 is 10.0 Å². The van der Waals surface area contributed by atoms with Crippen LogP contribution in [0.4, 0.5) is 13.2 Å². The van der Waals surface area contributed by atoms with Gasteiger partial charge in [0.2, 0.25) is 10.0 Å². The van der Waals surface area contributed by atoms with Crippen molar-refractivity contribution in [3.8, 4) is 0 Å². The molecule has 21 heavy (non-hydrogen) atoms. The number of sulfonamides is 1. The third-order valence-corrected chi connectivity index (χ3v) is 5.22. The minimum atomic E-state index is -4.46. The van der Waals surface area contributed by atoms with E-state index in [1.807, 2.05) is 0 Å². The maximum atomic E-state index is 12.4. The molecule has 1 saturated carbocycles. The van der Waals surface area contributed by atoms with E-state index in [4.69, 9.17) is 0 Å². The van der Waals surface area contributed by atoms with Gasteiger partial charge in [0.1, 0.15) is 0 Å². The molecule has 118 valence electrons. The minimum Gasteiger partial charge on any atom is -0.211 e. The van der Waals surface area contributed by atoms with Crippen LogP contribution in [0.2, 0.25) is 0 Å². The molecule has 0 aliphatic heterocycles. The Balaban J connectivity index is 2.01. The molecule has 1 aliphatic carbocycles. The fourth-order valence-electron chi connectivity index (χ4n) is 2.53. The SMILES string of the molecule is O=S(=O)(NCC1CCCCC1)c1ccc(C(F)(F)F)cc1. The van der Waals surface area contributed by atoms with Crippen molar-refractivity contribution in [1.29, 1.82) is 0 Å². The van der Waals surface area contributed by atoms with Crippen molar-refractivity contribution in [2.45, 2.75) is 43.2 Å². The highest BCUT2D eigenvalue weighted by molar-refractivity contribution is 7.89. The predicted molar refractivity (Wildman–Crippen MR) is 73.2 cm³/mol. The topological polar surface area (TPSA) is 46.2 Å². The summed E-state index contributed by atoms with van der Waals surface area (Å²) in [6, 6.07) is 3.56. The van der Waals surface area contributed by atoms with E-state index in [1.165, 1.54) is 6.42 Å². The van der Waals surface area contributed by atoms with Crippen LogP contribution in [0.3, 0.4) is 0 Å². The lowest BCUT2D eigenvalue weighted by Crippen LogP contribution is -2.30. The monoisotopic (exact) mass is 321 g/mol. The highest BCUT2D eigenvalue weighted by Gasteiger charge is 2.30. The van der Waals surface area contributed by atoms with Crippen LogP contribution in [-0.4, -0.2) is 15.0 Å². The summed E-state index contributed by atoms with van der Waals surface area (Å²) < 4.78 is 63.9. The Labute approximate surface area is 122 Å². The first-order chi connectivity index (χ1) is 9.79. The van der Waals surface area contributed by atoms with E-state index in [-0.39, 0.29) is 4.90 Å². The average Bonchev–Trinajstić information content (AvgIpc) is 2.46. The molecule has 0 radical (unpaired) electrons. The Morgan fingerprint density at radius 1 is 1.05 bits per heavy atom. The molecule has 1 N–H and O–H groups in total. The van der Waals surface area contributed by atoms with Crippen LogP contribution >= 0.6 is 0 Å². The fourth-order valence-corrected chi connectivity index (χ4v) is 3.64. The second-order valence-electron chi connectivity index (χ2n) is 5.38. The maximum Gasteiger partial charge on any atom is 0.416 e. The molecule has 1 aromatic carbocycles. The van der Waals surface area contributed by atoms with Gasteiger partial charge in [-0.3, -0.25) is 0 Å². The molecular formula is C14H18F3NO2S. The zero-order valence-corrected chi connectivity index (χ0v) is 12.3. The van der Waals surface area contributed by atoms with Crippen LogP contribution in [0.5, 0.6) is 0 Å². The van der Waals surface area contributed by atoms with Gasteiger partial charge in [0.15, 0.2) is 0 Å². The predicted octanol–water partition coefficient (Wildman–Crippen LogP) is 3.56. The van der Waals surface area contributed by atoms with Gasteiger partial charge >= 0.3 is 6.18 Å². The number of alkyl halides is 3. The summed E-state index contributed by atoms with van der Waals surface area (Å²) >= 11 is 0. The van der Waals surface area contributed by atoms with Crippen molar-refractivity contribution in [3.05, 3.63) is 29.8 Å². The molecule has 0 spiro atoms. The Kier molecular flexibility index (Phi) is 4.93. The van der Waals surface area contributed by atoms with Crippen molar-refractivity contribution in [3.63, 3.8) is 0 Å². The van der Waals surface area contributed by atoms with E-state index in [9.17, 15) is 21.6 Å². The smallest absolute Gasteiger partial charge is 0.211 e. The van der Waals surface area contributed by atoms with Gasteiger partial charge in [-0.1, -0.05) is 19.3 Å². The van der Waals surface area contributed by atoms with Crippen LogP contribution < -0.4 is 4.72 Å². The van der Waals surface area contributed by atoms with Gasteiger partial charge in [0.05, 0.1) is 10.5 Å².